The molecule has 0 saturated carbocycles. The molecule has 0 radical (unpaired) electrons. The number of carbonyl (C=O) groups excluding carboxylic acids is 1. The van der Waals surface area contributed by atoms with E-state index in [4.69, 9.17) is 4.74 Å². The molecular formula is C24H34O4. The van der Waals surface area contributed by atoms with E-state index in [2.05, 4.69) is 26.5 Å². The van der Waals surface area contributed by atoms with Crippen molar-refractivity contribution in [1.29, 1.82) is 0 Å². The highest BCUT2D eigenvalue weighted by molar-refractivity contribution is 5.95. The first-order valence-electron chi connectivity index (χ1n) is 10.3. The number of unbranched alkanes of at least 4 members (excludes halogenated alkanes) is 2. The van der Waals surface area contributed by atoms with E-state index in [-0.39, 0.29) is 23.0 Å². The molecule has 0 spiro atoms. The van der Waals surface area contributed by atoms with Gasteiger partial charge in [-0.15, -0.1) is 0 Å². The Kier molecular flexibility index (Phi) is 7.73. The summed E-state index contributed by atoms with van der Waals surface area (Å²) in [5.41, 5.74) is 3.67. The van der Waals surface area contributed by atoms with Gasteiger partial charge in [-0.1, -0.05) is 43.6 Å². The number of aromatic hydroxyl groups is 2. The molecule has 2 rings (SSSR count). The van der Waals surface area contributed by atoms with Gasteiger partial charge in [-0.3, -0.25) is 0 Å². The maximum Gasteiger partial charge on any atom is 0.341 e. The highest BCUT2D eigenvalue weighted by Crippen LogP contribution is 2.41. The number of allylic oxidation sites excluding steroid dienone is 3. The molecule has 0 saturated heterocycles. The number of esters is 1. The number of hydrogen-bond acceptors (Lipinski definition) is 4. The molecule has 28 heavy (non-hydrogen) atoms. The molecule has 0 aliphatic heterocycles. The Bertz CT molecular complexity index is 760. The fraction of sp³-hybridized carbons (Fsp3) is 0.542. The molecule has 0 heterocycles. The zero-order chi connectivity index (χ0) is 20.8. The van der Waals surface area contributed by atoms with Gasteiger partial charge >= 0.3 is 5.97 Å². The molecule has 1 aromatic rings. The van der Waals surface area contributed by atoms with Crippen molar-refractivity contribution in [3.63, 3.8) is 0 Å². The Morgan fingerprint density at radius 1 is 1.32 bits per heavy atom. The molecule has 0 fully saturated rings. The number of carbonyl (C=O) groups is 1. The van der Waals surface area contributed by atoms with E-state index in [1.807, 2.05) is 6.92 Å². The fourth-order valence-electron chi connectivity index (χ4n) is 4.25. The summed E-state index contributed by atoms with van der Waals surface area (Å²) in [5, 5.41) is 21.6. The maximum atomic E-state index is 12.4. The summed E-state index contributed by atoms with van der Waals surface area (Å²) in [5.74, 6) is -0.214. The quantitative estimate of drug-likeness (QED) is 0.341. The normalized spacial score (nSPS) is 19.2. The zero-order valence-corrected chi connectivity index (χ0v) is 17.7. The number of ether oxygens (including phenoxy) is 1. The average molecular weight is 387 g/mol. The van der Waals surface area contributed by atoms with Gasteiger partial charge in [-0.2, -0.15) is 0 Å². The lowest BCUT2D eigenvalue weighted by Gasteiger charge is -2.31. The Hall–Kier alpha value is -2.23. The highest BCUT2D eigenvalue weighted by atomic mass is 16.5. The molecule has 4 nitrogen and oxygen atoms in total. The lowest BCUT2D eigenvalue weighted by molar-refractivity contribution is 0.0595. The second-order valence-electron chi connectivity index (χ2n) is 8.08. The molecule has 1 aromatic carbocycles. The number of rotatable bonds is 8. The Morgan fingerprint density at radius 2 is 2.04 bits per heavy atom. The van der Waals surface area contributed by atoms with Crippen molar-refractivity contribution in [3.8, 4) is 11.5 Å². The Balaban J connectivity index is 2.45. The molecule has 4 heteroatoms. The second-order valence-corrected chi connectivity index (χ2v) is 8.08. The lowest BCUT2D eigenvalue weighted by atomic mass is 9.74. The van der Waals surface area contributed by atoms with E-state index in [1.165, 1.54) is 12.7 Å². The summed E-state index contributed by atoms with van der Waals surface area (Å²) in [6.45, 7) is 10.4. The average Bonchev–Trinajstić information content (AvgIpc) is 2.64. The van der Waals surface area contributed by atoms with Gasteiger partial charge < -0.3 is 14.9 Å². The maximum absolute atomic E-state index is 12.4. The molecule has 1 aliphatic carbocycles. The minimum absolute atomic E-state index is 0.0498. The molecule has 2 atom stereocenters. The summed E-state index contributed by atoms with van der Waals surface area (Å²) in [7, 11) is 1.31. The van der Waals surface area contributed by atoms with E-state index < -0.39 is 5.97 Å². The summed E-state index contributed by atoms with van der Waals surface area (Å²) >= 11 is 0. The zero-order valence-electron chi connectivity index (χ0n) is 17.7. The summed E-state index contributed by atoms with van der Waals surface area (Å²) in [6, 6.07) is 1.63. The van der Waals surface area contributed by atoms with Crippen LogP contribution in [0.1, 0.15) is 74.4 Å². The van der Waals surface area contributed by atoms with Crippen molar-refractivity contribution < 1.29 is 19.7 Å². The van der Waals surface area contributed by atoms with Crippen molar-refractivity contribution in [2.24, 2.45) is 11.8 Å². The van der Waals surface area contributed by atoms with Crippen LogP contribution in [0.15, 0.2) is 29.9 Å². The SMILES string of the molecule is C=C(C)C1CCC(C)=CC1Cc1c(O)cc(CCCCC)c(C(=O)OC)c1O. The van der Waals surface area contributed by atoms with Gasteiger partial charge in [-0.25, -0.2) is 4.79 Å². The van der Waals surface area contributed by atoms with Crippen molar-refractivity contribution in [3.05, 3.63) is 46.6 Å². The third kappa shape index (κ3) is 4.98. The van der Waals surface area contributed by atoms with E-state index in [1.54, 1.807) is 6.07 Å². The molecular weight excluding hydrogens is 352 g/mol. The predicted octanol–water partition coefficient (Wildman–Crippen LogP) is 5.71. The van der Waals surface area contributed by atoms with Gasteiger partial charge in [0, 0.05) is 5.56 Å². The van der Waals surface area contributed by atoms with E-state index in [0.29, 0.717) is 29.9 Å². The molecule has 0 amide bonds. The Morgan fingerprint density at radius 3 is 2.64 bits per heavy atom. The molecule has 1 aliphatic rings. The Labute approximate surface area is 168 Å². The van der Waals surface area contributed by atoms with Gasteiger partial charge in [0.15, 0.2) is 0 Å². The van der Waals surface area contributed by atoms with Crippen LogP contribution in [-0.4, -0.2) is 23.3 Å². The molecule has 2 unspecified atom stereocenters. The van der Waals surface area contributed by atoms with Crippen molar-refractivity contribution in [2.45, 2.75) is 65.7 Å². The third-order valence-electron chi connectivity index (χ3n) is 5.84. The largest absolute Gasteiger partial charge is 0.508 e. The first-order chi connectivity index (χ1) is 13.3. The van der Waals surface area contributed by atoms with Crippen LogP contribution < -0.4 is 0 Å². The number of benzene rings is 1. The second kappa shape index (κ2) is 9.81. The first kappa shape index (κ1) is 22.1. The van der Waals surface area contributed by atoms with E-state index in [9.17, 15) is 15.0 Å². The summed E-state index contributed by atoms with van der Waals surface area (Å²) in [4.78, 5) is 12.4. The van der Waals surface area contributed by atoms with Crippen LogP contribution in [-0.2, 0) is 17.6 Å². The summed E-state index contributed by atoms with van der Waals surface area (Å²) in [6.07, 6.45) is 8.33. The van der Waals surface area contributed by atoms with Gasteiger partial charge in [0.2, 0.25) is 0 Å². The molecule has 2 N–H and O–H groups in total. The van der Waals surface area contributed by atoms with Gasteiger partial charge in [0.1, 0.15) is 17.1 Å². The van der Waals surface area contributed by atoms with Crippen LogP contribution in [0.4, 0.5) is 0 Å². The van der Waals surface area contributed by atoms with Crippen LogP contribution in [0.3, 0.4) is 0 Å². The van der Waals surface area contributed by atoms with Gasteiger partial charge in [-0.05, 0) is 69.4 Å². The van der Waals surface area contributed by atoms with Crippen LogP contribution >= 0.6 is 0 Å². The van der Waals surface area contributed by atoms with Crippen molar-refractivity contribution >= 4 is 5.97 Å². The summed E-state index contributed by atoms with van der Waals surface area (Å²) < 4.78 is 4.92. The number of phenols is 2. The van der Waals surface area contributed by atoms with Crippen LogP contribution in [0, 0.1) is 11.8 Å². The first-order valence-corrected chi connectivity index (χ1v) is 10.3. The highest BCUT2D eigenvalue weighted by Gasteiger charge is 2.29. The van der Waals surface area contributed by atoms with E-state index >= 15 is 0 Å². The standard InChI is InChI=1S/C24H34O4/c1-6-7-8-9-17-14-21(25)20(23(26)22(17)24(27)28-5)13-18-12-16(4)10-11-19(18)15(2)3/h12,14,18-19,25-26H,2,6-11,13H2,1,3-5H3. The van der Waals surface area contributed by atoms with Crippen molar-refractivity contribution in [2.75, 3.05) is 7.11 Å². The van der Waals surface area contributed by atoms with Crippen LogP contribution in [0.2, 0.25) is 0 Å². The monoisotopic (exact) mass is 386 g/mol. The van der Waals surface area contributed by atoms with Crippen LogP contribution in [0.25, 0.3) is 0 Å². The number of phenolic OH excluding ortho intramolecular Hbond substituents is 2. The third-order valence-corrected chi connectivity index (χ3v) is 5.84. The smallest absolute Gasteiger partial charge is 0.341 e. The predicted molar refractivity (Wildman–Crippen MR) is 113 cm³/mol. The topological polar surface area (TPSA) is 66.8 Å². The number of aryl methyl sites for hydroxylation is 1. The minimum Gasteiger partial charge on any atom is -0.508 e. The van der Waals surface area contributed by atoms with Gasteiger partial charge in [0.05, 0.1) is 7.11 Å². The van der Waals surface area contributed by atoms with E-state index in [0.717, 1.165) is 37.7 Å². The number of methoxy groups -OCH3 is 1. The fourth-order valence-corrected chi connectivity index (χ4v) is 4.25. The lowest BCUT2D eigenvalue weighted by Crippen LogP contribution is -2.21. The molecule has 0 aromatic heterocycles. The van der Waals surface area contributed by atoms with Crippen molar-refractivity contribution in [1.82, 2.24) is 0 Å². The van der Waals surface area contributed by atoms with Crippen LogP contribution in [0.5, 0.6) is 11.5 Å². The number of hydrogen-bond donors (Lipinski definition) is 2. The minimum atomic E-state index is -0.558. The van der Waals surface area contributed by atoms with Gasteiger partial charge in [0.25, 0.3) is 0 Å². The molecule has 0 bridgehead atoms. The molecule has 154 valence electrons.